The van der Waals surface area contributed by atoms with E-state index in [0.717, 1.165) is 31.8 Å². The third-order valence-electron chi connectivity index (χ3n) is 3.63. The molecule has 0 heterocycles. The second-order valence-electron chi connectivity index (χ2n) is 6.34. The summed E-state index contributed by atoms with van der Waals surface area (Å²) in [4.78, 5) is 30.5. The van der Waals surface area contributed by atoms with Crippen LogP contribution in [-0.4, -0.2) is 34.7 Å². The topological polar surface area (TPSA) is 101 Å². The van der Waals surface area contributed by atoms with Crippen molar-refractivity contribution < 1.29 is 29.3 Å². The van der Waals surface area contributed by atoms with E-state index in [1.807, 2.05) is 0 Å². The van der Waals surface area contributed by atoms with Crippen molar-refractivity contribution in [2.24, 2.45) is 5.92 Å². The first-order valence-electron chi connectivity index (χ1n) is 9.66. The molecule has 0 rings (SSSR count). The van der Waals surface area contributed by atoms with Crippen molar-refractivity contribution in [2.45, 2.75) is 72.6 Å². The van der Waals surface area contributed by atoms with Gasteiger partial charge in [-0.25, -0.2) is 14.4 Å². The summed E-state index contributed by atoms with van der Waals surface area (Å²) in [7, 11) is 0. The van der Waals surface area contributed by atoms with Gasteiger partial charge in [0.05, 0.1) is 6.61 Å². The van der Waals surface area contributed by atoms with Gasteiger partial charge in [-0.1, -0.05) is 72.6 Å². The first-order chi connectivity index (χ1) is 13.1. The van der Waals surface area contributed by atoms with Gasteiger partial charge in [0.1, 0.15) is 0 Å². The SMILES string of the molecule is C=C(C)C(=O)OCCCC.C=C(CC(CC)CCCC)C(=O)O.C=CC(=O)O. The molecule has 0 bridgehead atoms. The molecular formula is C22H38O6. The fraction of sp³-hybridized carbons (Fsp3) is 0.591. The quantitative estimate of drug-likeness (QED) is 0.259. The van der Waals surface area contributed by atoms with Crippen LogP contribution in [0.5, 0.6) is 0 Å². The molecule has 1 unspecified atom stereocenters. The van der Waals surface area contributed by atoms with E-state index in [-0.39, 0.29) is 5.97 Å². The second-order valence-corrected chi connectivity index (χ2v) is 6.34. The number of carbonyl (C=O) groups is 3. The maximum absolute atomic E-state index is 10.7. The number of carboxylic acid groups (broad SMARTS) is 2. The summed E-state index contributed by atoms with van der Waals surface area (Å²) in [5, 5.41) is 16.3. The third-order valence-corrected chi connectivity index (χ3v) is 3.63. The summed E-state index contributed by atoms with van der Waals surface area (Å²) >= 11 is 0. The number of carboxylic acids is 2. The lowest BCUT2D eigenvalue weighted by molar-refractivity contribution is -0.139. The van der Waals surface area contributed by atoms with Crippen LogP contribution in [0, 0.1) is 5.92 Å². The standard InChI is InChI=1S/C11H20O2.C8H14O2.C3H4O2/c1-4-6-7-10(5-2)8-9(3)11(12)13;1-4-5-6-10-8(9)7(2)3;1-2-3(4)5/h10H,3-8H2,1-2H3,(H,12,13);2,4-6H2,1,3H3;2H,1H2,(H,4,5). The molecule has 0 aliphatic rings. The highest BCUT2D eigenvalue weighted by molar-refractivity contribution is 5.87. The minimum atomic E-state index is -0.981. The zero-order valence-corrected chi connectivity index (χ0v) is 18.0. The van der Waals surface area contributed by atoms with E-state index in [1.54, 1.807) is 6.92 Å². The molecule has 28 heavy (non-hydrogen) atoms. The van der Waals surface area contributed by atoms with E-state index >= 15 is 0 Å². The molecule has 2 N–H and O–H groups in total. The molecule has 162 valence electrons. The molecule has 0 spiro atoms. The monoisotopic (exact) mass is 398 g/mol. The normalized spacial score (nSPS) is 10.1. The minimum Gasteiger partial charge on any atom is -0.478 e. The van der Waals surface area contributed by atoms with Gasteiger partial charge in [-0.2, -0.15) is 0 Å². The highest BCUT2D eigenvalue weighted by Gasteiger charge is 2.11. The van der Waals surface area contributed by atoms with Gasteiger partial charge in [0.25, 0.3) is 0 Å². The molecule has 0 saturated heterocycles. The van der Waals surface area contributed by atoms with Crippen molar-refractivity contribution in [3.8, 4) is 0 Å². The Balaban J connectivity index is -0.000000368. The first kappa shape index (κ1) is 30.4. The zero-order valence-electron chi connectivity index (χ0n) is 18.0. The molecule has 0 saturated carbocycles. The Labute approximate surface area is 170 Å². The Morgan fingerprint density at radius 1 is 1.04 bits per heavy atom. The molecule has 0 aromatic carbocycles. The van der Waals surface area contributed by atoms with Gasteiger partial charge < -0.3 is 14.9 Å². The predicted octanol–water partition coefficient (Wildman–Crippen LogP) is 5.40. The van der Waals surface area contributed by atoms with E-state index in [9.17, 15) is 14.4 Å². The number of aliphatic carboxylic acids is 2. The van der Waals surface area contributed by atoms with Crippen LogP contribution in [0.4, 0.5) is 0 Å². The van der Waals surface area contributed by atoms with Crippen LogP contribution >= 0.6 is 0 Å². The van der Waals surface area contributed by atoms with Crippen LogP contribution in [0.15, 0.2) is 37.0 Å². The predicted molar refractivity (Wildman–Crippen MR) is 113 cm³/mol. The smallest absolute Gasteiger partial charge is 0.333 e. The highest BCUT2D eigenvalue weighted by atomic mass is 16.5. The first-order valence-corrected chi connectivity index (χ1v) is 9.66. The van der Waals surface area contributed by atoms with Gasteiger partial charge in [0.2, 0.25) is 0 Å². The molecule has 0 aliphatic heterocycles. The van der Waals surface area contributed by atoms with Gasteiger partial charge in [0.15, 0.2) is 0 Å². The molecule has 0 fully saturated rings. The van der Waals surface area contributed by atoms with Gasteiger partial charge in [-0.15, -0.1) is 0 Å². The molecule has 1 atom stereocenters. The van der Waals surface area contributed by atoms with Crippen molar-refractivity contribution in [2.75, 3.05) is 6.61 Å². The van der Waals surface area contributed by atoms with Gasteiger partial charge in [-0.3, -0.25) is 0 Å². The van der Waals surface area contributed by atoms with Crippen LogP contribution in [0.2, 0.25) is 0 Å². The molecule has 0 aromatic heterocycles. The van der Waals surface area contributed by atoms with Crippen molar-refractivity contribution in [3.05, 3.63) is 37.0 Å². The van der Waals surface area contributed by atoms with Crippen molar-refractivity contribution >= 4 is 17.9 Å². The fourth-order valence-corrected chi connectivity index (χ4v) is 1.81. The average molecular weight is 399 g/mol. The fourth-order valence-electron chi connectivity index (χ4n) is 1.81. The van der Waals surface area contributed by atoms with Crippen LogP contribution in [0.1, 0.15) is 72.6 Å². The summed E-state index contributed by atoms with van der Waals surface area (Å²) in [6, 6.07) is 0. The summed E-state index contributed by atoms with van der Waals surface area (Å²) in [6.45, 7) is 18.4. The Morgan fingerprint density at radius 2 is 1.54 bits per heavy atom. The van der Waals surface area contributed by atoms with Crippen LogP contribution in [-0.2, 0) is 19.1 Å². The van der Waals surface area contributed by atoms with E-state index in [4.69, 9.17) is 14.9 Å². The lowest BCUT2D eigenvalue weighted by atomic mass is 9.92. The average Bonchev–Trinajstić information content (AvgIpc) is 2.65. The molecule has 6 nitrogen and oxygen atoms in total. The number of ether oxygens (including phenoxy) is 1. The Hall–Kier alpha value is -2.37. The number of carbonyl (C=O) groups excluding carboxylic acids is 1. The van der Waals surface area contributed by atoms with Crippen molar-refractivity contribution in [3.63, 3.8) is 0 Å². The minimum absolute atomic E-state index is 0.284. The third kappa shape index (κ3) is 23.6. The Bertz CT molecular complexity index is 493. The second kappa shape index (κ2) is 20.9. The van der Waals surface area contributed by atoms with Crippen molar-refractivity contribution in [1.82, 2.24) is 0 Å². The highest BCUT2D eigenvalue weighted by Crippen LogP contribution is 2.20. The number of hydrogen-bond donors (Lipinski definition) is 2. The van der Waals surface area contributed by atoms with Crippen LogP contribution < -0.4 is 0 Å². The maximum atomic E-state index is 10.7. The summed E-state index contributed by atoms with van der Waals surface area (Å²) < 4.78 is 4.81. The molecule has 6 heteroatoms. The largest absolute Gasteiger partial charge is 0.478 e. The molecule has 0 amide bonds. The van der Waals surface area contributed by atoms with Gasteiger partial charge >= 0.3 is 17.9 Å². The lowest BCUT2D eigenvalue weighted by Crippen LogP contribution is -2.06. The lowest BCUT2D eigenvalue weighted by Gasteiger charge is -2.13. The zero-order chi connectivity index (χ0) is 22.5. The number of esters is 1. The molecule has 0 aliphatic carbocycles. The number of unbranched alkanes of at least 4 members (excludes halogenated alkanes) is 2. The maximum Gasteiger partial charge on any atom is 0.333 e. The van der Waals surface area contributed by atoms with Crippen molar-refractivity contribution in [1.29, 1.82) is 0 Å². The van der Waals surface area contributed by atoms with E-state index in [1.165, 1.54) is 12.8 Å². The number of hydrogen-bond acceptors (Lipinski definition) is 4. The summed E-state index contributed by atoms with van der Waals surface area (Å²) in [6.07, 6.45) is 7.99. The molecule has 0 aromatic rings. The summed E-state index contributed by atoms with van der Waals surface area (Å²) in [5.41, 5.74) is 0.819. The molecular weight excluding hydrogens is 360 g/mol. The Kier molecular flexibility index (Phi) is 22.7. The molecule has 0 radical (unpaired) electrons. The Morgan fingerprint density at radius 3 is 1.86 bits per heavy atom. The van der Waals surface area contributed by atoms with Gasteiger partial charge in [0, 0.05) is 17.2 Å². The number of rotatable bonds is 12. The summed E-state index contributed by atoms with van der Waals surface area (Å²) in [5.74, 6) is -1.61. The van der Waals surface area contributed by atoms with E-state index < -0.39 is 11.9 Å². The van der Waals surface area contributed by atoms with Crippen LogP contribution in [0.25, 0.3) is 0 Å². The van der Waals surface area contributed by atoms with Gasteiger partial charge in [-0.05, 0) is 25.7 Å². The van der Waals surface area contributed by atoms with Crippen LogP contribution in [0.3, 0.4) is 0 Å². The van der Waals surface area contributed by atoms with E-state index in [0.29, 0.717) is 30.1 Å². The van der Waals surface area contributed by atoms with E-state index in [2.05, 4.69) is 40.5 Å².